The van der Waals surface area contributed by atoms with Gasteiger partial charge >= 0.3 is 0 Å². The van der Waals surface area contributed by atoms with E-state index in [0.29, 0.717) is 5.92 Å². The molecule has 0 saturated heterocycles. The van der Waals surface area contributed by atoms with E-state index in [0.717, 1.165) is 42.7 Å². The first kappa shape index (κ1) is 11.7. The van der Waals surface area contributed by atoms with E-state index in [-0.39, 0.29) is 0 Å². The smallest absolute Gasteiger partial charge is 0.124 e. The number of aryl methyl sites for hydroxylation is 1. The van der Waals surface area contributed by atoms with Crippen molar-refractivity contribution in [1.82, 2.24) is 20.1 Å². The van der Waals surface area contributed by atoms with Crippen LogP contribution in [0.3, 0.4) is 0 Å². The van der Waals surface area contributed by atoms with E-state index in [1.807, 2.05) is 23.9 Å². The Hall–Kier alpha value is -1.40. The van der Waals surface area contributed by atoms with E-state index in [4.69, 9.17) is 0 Å². The largest absolute Gasteiger partial charge is 0.370 e. The van der Waals surface area contributed by atoms with Gasteiger partial charge in [0.1, 0.15) is 5.82 Å². The van der Waals surface area contributed by atoms with Crippen LogP contribution >= 0.6 is 11.3 Å². The van der Waals surface area contributed by atoms with Gasteiger partial charge < -0.3 is 10.6 Å². The van der Waals surface area contributed by atoms with Gasteiger partial charge in [-0.3, -0.25) is 0 Å². The molecule has 3 rings (SSSR count). The molecule has 0 spiro atoms. The number of nitrogens with zero attached hydrogens (tertiary/aromatic N) is 3. The minimum atomic E-state index is 0.581. The summed E-state index contributed by atoms with van der Waals surface area (Å²) in [6.07, 6.45) is 1.84. The number of hydrogen-bond donors (Lipinski definition) is 2. The van der Waals surface area contributed by atoms with E-state index in [1.54, 1.807) is 11.3 Å². The van der Waals surface area contributed by atoms with Crippen molar-refractivity contribution in [3.8, 4) is 0 Å². The summed E-state index contributed by atoms with van der Waals surface area (Å²) in [6.45, 7) is 5.88. The third-order valence-corrected chi connectivity index (χ3v) is 3.95. The van der Waals surface area contributed by atoms with Crippen LogP contribution in [0.2, 0.25) is 0 Å². The van der Waals surface area contributed by atoms with Crippen LogP contribution in [0.1, 0.15) is 10.7 Å². The maximum atomic E-state index is 4.44. The van der Waals surface area contributed by atoms with Crippen LogP contribution in [0.25, 0.3) is 0 Å². The molecule has 1 atom stereocenters. The van der Waals surface area contributed by atoms with Gasteiger partial charge in [0.2, 0.25) is 0 Å². The maximum absolute atomic E-state index is 4.44. The van der Waals surface area contributed by atoms with E-state index in [1.165, 1.54) is 0 Å². The number of thiazole rings is 1. The fourth-order valence-corrected chi connectivity index (χ4v) is 2.83. The topological polar surface area (TPSA) is 54.8 Å². The zero-order chi connectivity index (χ0) is 12.4. The second-order valence-electron chi connectivity index (χ2n) is 4.63. The quantitative estimate of drug-likeness (QED) is 0.877. The van der Waals surface area contributed by atoms with Crippen LogP contribution in [0, 0.1) is 12.8 Å². The zero-order valence-electron chi connectivity index (χ0n) is 10.4. The summed E-state index contributed by atoms with van der Waals surface area (Å²) in [5.74, 6) is 1.71. The number of rotatable bonds is 4. The fraction of sp³-hybridized carbons (Fsp3) is 0.500. The molecule has 0 amide bonds. The van der Waals surface area contributed by atoms with Crippen molar-refractivity contribution in [3.63, 3.8) is 0 Å². The summed E-state index contributed by atoms with van der Waals surface area (Å²) in [4.78, 5) is 4.44. The summed E-state index contributed by atoms with van der Waals surface area (Å²) in [7, 11) is 0. The number of fused-ring (bicyclic) bond motifs is 1. The minimum Gasteiger partial charge on any atom is -0.370 e. The number of hydrogen-bond acceptors (Lipinski definition) is 5. The van der Waals surface area contributed by atoms with Gasteiger partial charge in [-0.2, -0.15) is 5.10 Å². The molecule has 0 fully saturated rings. The standard InChI is InChI=1S/C12H17N5S/c1-9-16-11(8-18-9)6-13-4-10-5-14-12-2-3-15-17(12)7-10/h2-3,8,10,13-14H,4-7H2,1H3/t10-/m0/s1. The van der Waals surface area contributed by atoms with Crippen molar-refractivity contribution in [2.24, 2.45) is 5.92 Å². The summed E-state index contributed by atoms with van der Waals surface area (Å²) in [6, 6.07) is 2.02. The molecule has 1 aliphatic rings. The highest BCUT2D eigenvalue weighted by molar-refractivity contribution is 7.09. The summed E-state index contributed by atoms with van der Waals surface area (Å²) >= 11 is 1.70. The van der Waals surface area contributed by atoms with E-state index >= 15 is 0 Å². The molecule has 0 saturated carbocycles. The third-order valence-electron chi connectivity index (χ3n) is 3.13. The molecule has 18 heavy (non-hydrogen) atoms. The van der Waals surface area contributed by atoms with Crippen LogP contribution in [0.5, 0.6) is 0 Å². The lowest BCUT2D eigenvalue weighted by Gasteiger charge is -2.25. The van der Waals surface area contributed by atoms with Crippen molar-refractivity contribution < 1.29 is 0 Å². The zero-order valence-corrected chi connectivity index (χ0v) is 11.2. The van der Waals surface area contributed by atoms with Gasteiger partial charge in [-0.25, -0.2) is 9.67 Å². The summed E-state index contributed by atoms with van der Waals surface area (Å²) in [5, 5.41) is 14.4. The molecule has 2 aromatic heterocycles. The second-order valence-corrected chi connectivity index (χ2v) is 5.70. The number of aromatic nitrogens is 3. The van der Waals surface area contributed by atoms with Crippen molar-refractivity contribution in [2.75, 3.05) is 18.4 Å². The van der Waals surface area contributed by atoms with E-state index in [9.17, 15) is 0 Å². The molecule has 0 radical (unpaired) electrons. The molecule has 2 aromatic rings. The SMILES string of the molecule is Cc1nc(CNC[C@H]2CNc3ccnn3C2)cs1. The first-order valence-electron chi connectivity index (χ1n) is 6.18. The van der Waals surface area contributed by atoms with Gasteiger partial charge in [0.25, 0.3) is 0 Å². The Morgan fingerprint density at radius 3 is 3.39 bits per heavy atom. The Bertz CT molecular complexity index is 518. The van der Waals surface area contributed by atoms with Crippen molar-refractivity contribution in [1.29, 1.82) is 0 Å². The average molecular weight is 263 g/mol. The molecule has 6 heteroatoms. The third kappa shape index (κ3) is 2.54. The molecular formula is C12H17N5S. The Morgan fingerprint density at radius 2 is 2.56 bits per heavy atom. The van der Waals surface area contributed by atoms with Gasteiger partial charge in [0.15, 0.2) is 0 Å². The van der Waals surface area contributed by atoms with Gasteiger partial charge in [0, 0.05) is 43.5 Å². The molecule has 1 aliphatic heterocycles. The lowest BCUT2D eigenvalue weighted by molar-refractivity contribution is 0.391. The highest BCUT2D eigenvalue weighted by Gasteiger charge is 2.17. The van der Waals surface area contributed by atoms with Gasteiger partial charge in [-0.05, 0) is 6.92 Å². The molecule has 3 heterocycles. The van der Waals surface area contributed by atoms with Crippen molar-refractivity contribution in [2.45, 2.75) is 20.0 Å². The van der Waals surface area contributed by atoms with Crippen molar-refractivity contribution >= 4 is 17.2 Å². The minimum absolute atomic E-state index is 0.581. The highest BCUT2D eigenvalue weighted by Crippen LogP contribution is 2.15. The second kappa shape index (κ2) is 5.07. The average Bonchev–Trinajstić information content (AvgIpc) is 2.97. The molecule has 0 aliphatic carbocycles. The van der Waals surface area contributed by atoms with Crippen LogP contribution in [0.4, 0.5) is 5.82 Å². The summed E-state index contributed by atoms with van der Waals surface area (Å²) in [5.41, 5.74) is 1.14. The lowest BCUT2D eigenvalue weighted by Crippen LogP contribution is -2.35. The summed E-state index contributed by atoms with van der Waals surface area (Å²) < 4.78 is 2.03. The molecule has 96 valence electrons. The number of anilines is 1. The van der Waals surface area contributed by atoms with Gasteiger partial charge in [0.05, 0.1) is 16.9 Å². The van der Waals surface area contributed by atoms with Crippen LogP contribution in [0.15, 0.2) is 17.6 Å². The Balaban J connectivity index is 1.47. The molecular weight excluding hydrogens is 246 g/mol. The van der Waals surface area contributed by atoms with Gasteiger partial charge in [-0.1, -0.05) is 0 Å². The van der Waals surface area contributed by atoms with Crippen LogP contribution < -0.4 is 10.6 Å². The molecule has 0 bridgehead atoms. The highest BCUT2D eigenvalue weighted by atomic mass is 32.1. The maximum Gasteiger partial charge on any atom is 0.124 e. The molecule has 0 unspecified atom stereocenters. The van der Waals surface area contributed by atoms with Gasteiger partial charge in [-0.15, -0.1) is 11.3 Å². The Kier molecular flexibility index (Phi) is 3.29. The van der Waals surface area contributed by atoms with E-state index in [2.05, 4.69) is 26.1 Å². The molecule has 0 aromatic carbocycles. The first-order chi connectivity index (χ1) is 8.81. The predicted molar refractivity (Wildman–Crippen MR) is 72.8 cm³/mol. The fourth-order valence-electron chi connectivity index (χ4n) is 2.22. The monoisotopic (exact) mass is 263 g/mol. The van der Waals surface area contributed by atoms with Crippen LogP contribution in [-0.2, 0) is 13.1 Å². The van der Waals surface area contributed by atoms with E-state index < -0.39 is 0 Å². The normalized spacial score (nSPS) is 18.4. The van der Waals surface area contributed by atoms with Crippen LogP contribution in [-0.4, -0.2) is 27.9 Å². The molecule has 2 N–H and O–H groups in total. The molecule has 5 nitrogen and oxygen atoms in total. The Morgan fingerprint density at radius 1 is 1.61 bits per heavy atom. The Labute approximate surface area is 110 Å². The first-order valence-corrected chi connectivity index (χ1v) is 7.06. The number of nitrogens with one attached hydrogen (secondary N) is 2. The lowest BCUT2D eigenvalue weighted by atomic mass is 10.1. The van der Waals surface area contributed by atoms with Crippen molar-refractivity contribution in [3.05, 3.63) is 28.3 Å². The predicted octanol–water partition coefficient (Wildman–Crippen LogP) is 1.48.